The van der Waals surface area contributed by atoms with Crippen LogP contribution >= 0.6 is 0 Å². The first kappa shape index (κ1) is 28.7. The van der Waals surface area contributed by atoms with Crippen molar-refractivity contribution >= 4 is 40.7 Å². The van der Waals surface area contributed by atoms with Gasteiger partial charge in [0.05, 0.1) is 11.4 Å². The molecule has 11 nitrogen and oxygen atoms in total. The zero-order valence-electron chi connectivity index (χ0n) is 23.7. The number of hydrogen-bond donors (Lipinski definition) is 3. The van der Waals surface area contributed by atoms with Gasteiger partial charge in [-0.2, -0.15) is 0 Å². The minimum atomic E-state index is -0.769. The van der Waals surface area contributed by atoms with E-state index < -0.39 is 11.8 Å². The Hall–Kier alpha value is -4.80. The minimum absolute atomic E-state index is 0.0644. The molecule has 0 aliphatic carbocycles. The molecule has 5 rings (SSSR count). The van der Waals surface area contributed by atoms with E-state index in [-0.39, 0.29) is 23.3 Å². The predicted octanol–water partition coefficient (Wildman–Crippen LogP) is 3.01. The molecule has 3 heterocycles. The summed E-state index contributed by atoms with van der Waals surface area (Å²) < 4.78 is 5.32. The minimum Gasteiger partial charge on any atom is -0.446 e. The van der Waals surface area contributed by atoms with Crippen LogP contribution in [-0.4, -0.2) is 74.3 Å². The number of nitrogens with zero attached hydrogens (tertiary/aromatic N) is 3. The number of primary amides is 1. The summed E-state index contributed by atoms with van der Waals surface area (Å²) in [7, 11) is 0. The van der Waals surface area contributed by atoms with Gasteiger partial charge in [-0.25, -0.2) is 0 Å². The van der Waals surface area contributed by atoms with Gasteiger partial charge in [0.25, 0.3) is 17.7 Å². The van der Waals surface area contributed by atoms with E-state index >= 15 is 0 Å². The summed E-state index contributed by atoms with van der Waals surface area (Å²) >= 11 is 0. The fourth-order valence-corrected chi connectivity index (χ4v) is 5.45. The number of hydrogen-bond acceptors (Lipinski definition) is 7. The van der Waals surface area contributed by atoms with Crippen molar-refractivity contribution < 1.29 is 23.6 Å². The van der Waals surface area contributed by atoms with Crippen LogP contribution in [0.3, 0.4) is 0 Å². The number of carbonyl (C=O) groups is 4. The van der Waals surface area contributed by atoms with E-state index in [9.17, 15) is 19.2 Å². The second kappa shape index (κ2) is 12.8. The normalized spacial score (nSPS) is 15.2. The molecule has 0 atom stereocenters. The Morgan fingerprint density at radius 1 is 0.881 bits per heavy atom. The average Bonchev–Trinajstić information content (AvgIpc) is 3.65. The number of anilines is 3. The molecule has 0 spiro atoms. The number of carbonyl (C=O) groups excluding carboxylic acids is 4. The molecule has 2 fully saturated rings. The predicted molar refractivity (Wildman–Crippen MR) is 160 cm³/mol. The van der Waals surface area contributed by atoms with Crippen molar-refractivity contribution in [3.63, 3.8) is 0 Å². The van der Waals surface area contributed by atoms with Crippen LogP contribution in [0, 0.1) is 6.92 Å². The van der Waals surface area contributed by atoms with Gasteiger partial charge in [0, 0.05) is 63.5 Å². The van der Waals surface area contributed by atoms with E-state index in [1.54, 1.807) is 12.1 Å². The quantitative estimate of drug-likeness (QED) is 0.317. The third kappa shape index (κ3) is 6.56. The maximum absolute atomic E-state index is 13.1. The second-order valence-electron chi connectivity index (χ2n) is 10.6. The number of aryl methyl sites for hydroxylation is 1. The Morgan fingerprint density at radius 2 is 1.60 bits per heavy atom. The summed E-state index contributed by atoms with van der Waals surface area (Å²) in [6.07, 6.45) is 2.13. The molecule has 4 N–H and O–H groups in total. The smallest absolute Gasteiger partial charge is 0.291 e. The molecule has 0 unspecified atom stereocenters. The highest BCUT2D eigenvalue weighted by Crippen LogP contribution is 2.30. The molecule has 2 aliphatic heterocycles. The van der Waals surface area contributed by atoms with Crippen LogP contribution in [0.15, 0.2) is 59.0 Å². The van der Waals surface area contributed by atoms with E-state index in [1.165, 1.54) is 23.4 Å². The molecule has 0 bridgehead atoms. The molecule has 3 aromatic rings. The fourth-order valence-electron chi connectivity index (χ4n) is 5.45. The first-order valence-corrected chi connectivity index (χ1v) is 14.3. The van der Waals surface area contributed by atoms with E-state index in [4.69, 9.17) is 10.2 Å². The molecular weight excluding hydrogens is 536 g/mol. The van der Waals surface area contributed by atoms with Crippen LogP contribution in [0.25, 0.3) is 0 Å². The molecule has 11 heteroatoms. The van der Waals surface area contributed by atoms with Gasteiger partial charge >= 0.3 is 0 Å². The number of amides is 4. The Bertz CT molecular complexity index is 1480. The van der Waals surface area contributed by atoms with Gasteiger partial charge in [0.1, 0.15) is 0 Å². The van der Waals surface area contributed by atoms with Crippen molar-refractivity contribution in [3.8, 4) is 0 Å². The maximum atomic E-state index is 13.1. The molecule has 0 saturated carbocycles. The maximum Gasteiger partial charge on any atom is 0.291 e. The lowest BCUT2D eigenvalue weighted by Crippen LogP contribution is -2.47. The van der Waals surface area contributed by atoms with E-state index in [2.05, 4.69) is 39.5 Å². The van der Waals surface area contributed by atoms with Crippen LogP contribution in [0.5, 0.6) is 0 Å². The summed E-state index contributed by atoms with van der Waals surface area (Å²) in [4.78, 5) is 55.7. The summed E-state index contributed by atoms with van der Waals surface area (Å²) in [5.74, 6) is -1.62. The Labute approximate surface area is 244 Å². The SMILES string of the molecule is Cc1ccccc1N1CCN(c2ccc(C(=O)NCCCN3CCCC3=O)cc2NC(=O)c2ccc(C(N)=O)o2)CC1. The Kier molecular flexibility index (Phi) is 8.75. The largest absolute Gasteiger partial charge is 0.446 e. The van der Waals surface area contributed by atoms with Crippen molar-refractivity contribution in [2.24, 2.45) is 5.73 Å². The molecule has 2 aromatic carbocycles. The van der Waals surface area contributed by atoms with E-state index in [1.807, 2.05) is 23.1 Å². The van der Waals surface area contributed by atoms with E-state index in [0.29, 0.717) is 50.3 Å². The molecule has 42 heavy (non-hydrogen) atoms. The molecule has 4 amide bonds. The molecule has 2 saturated heterocycles. The average molecular weight is 573 g/mol. The van der Waals surface area contributed by atoms with Crippen molar-refractivity contribution in [1.82, 2.24) is 10.2 Å². The number of rotatable bonds is 10. The molecule has 0 radical (unpaired) electrons. The summed E-state index contributed by atoms with van der Waals surface area (Å²) in [6, 6.07) is 16.3. The van der Waals surface area contributed by atoms with Crippen LogP contribution < -0.4 is 26.2 Å². The lowest BCUT2D eigenvalue weighted by atomic mass is 10.1. The summed E-state index contributed by atoms with van der Waals surface area (Å²) in [5, 5.41) is 5.78. The first-order chi connectivity index (χ1) is 20.3. The highest BCUT2D eigenvalue weighted by atomic mass is 16.4. The second-order valence-corrected chi connectivity index (χ2v) is 10.6. The first-order valence-electron chi connectivity index (χ1n) is 14.3. The van der Waals surface area contributed by atoms with Crippen molar-refractivity contribution in [2.45, 2.75) is 26.2 Å². The van der Waals surface area contributed by atoms with Gasteiger partial charge in [-0.3, -0.25) is 19.2 Å². The molecular formula is C31H36N6O5. The number of furan rings is 1. The van der Waals surface area contributed by atoms with Gasteiger partial charge in [-0.1, -0.05) is 18.2 Å². The van der Waals surface area contributed by atoms with Crippen molar-refractivity contribution in [3.05, 3.63) is 77.2 Å². The lowest BCUT2D eigenvalue weighted by molar-refractivity contribution is -0.127. The lowest BCUT2D eigenvalue weighted by Gasteiger charge is -2.38. The van der Waals surface area contributed by atoms with Crippen LogP contribution in [-0.2, 0) is 4.79 Å². The zero-order chi connectivity index (χ0) is 29.6. The molecule has 220 valence electrons. The fraction of sp³-hybridized carbons (Fsp3) is 0.355. The standard InChI is InChI=1S/C31H36N6O5/c1-21-6-2-3-7-24(21)35-16-18-36(19-17-35)25-10-9-22(30(40)33-13-5-15-37-14-4-8-28(37)38)20-23(25)34-31(41)27-12-11-26(42-27)29(32)39/h2-3,6-7,9-12,20H,4-5,8,13-19H2,1H3,(H2,32,39)(H,33,40)(H,34,41). The van der Waals surface area contributed by atoms with Crippen molar-refractivity contribution in [1.29, 1.82) is 0 Å². The number of nitrogens with one attached hydrogen (secondary N) is 2. The number of benzene rings is 2. The van der Waals surface area contributed by atoms with Gasteiger partial charge in [-0.15, -0.1) is 0 Å². The van der Waals surface area contributed by atoms with Crippen LogP contribution in [0.4, 0.5) is 17.1 Å². The van der Waals surface area contributed by atoms with Gasteiger partial charge in [-0.05, 0) is 61.7 Å². The van der Waals surface area contributed by atoms with Crippen LogP contribution in [0.1, 0.15) is 56.3 Å². The van der Waals surface area contributed by atoms with Crippen LogP contribution in [0.2, 0.25) is 0 Å². The number of nitrogens with two attached hydrogens (primary N) is 1. The van der Waals surface area contributed by atoms with E-state index in [0.717, 1.165) is 31.7 Å². The van der Waals surface area contributed by atoms with Gasteiger partial charge in [0.2, 0.25) is 5.91 Å². The third-order valence-electron chi connectivity index (χ3n) is 7.72. The number of para-hydroxylation sites is 1. The highest BCUT2D eigenvalue weighted by molar-refractivity contribution is 6.06. The highest BCUT2D eigenvalue weighted by Gasteiger charge is 2.24. The Balaban J connectivity index is 1.30. The zero-order valence-corrected chi connectivity index (χ0v) is 23.7. The van der Waals surface area contributed by atoms with Crippen molar-refractivity contribution in [2.75, 3.05) is 60.9 Å². The monoisotopic (exact) mass is 572 g/mol. The summed E-state index contributed by atoms with van der Waals surface area (Å²) in [6.45, 7) is 6.92. The number of piperazine rings is 1. The van der Waals surface area contributed by atoms with Gasteiger partial charge in [0.15, 0.2) is 11.5 Å². The third-order valence-corrected chi connectivity index (χ3v) is 7.72. The molecule has 2 aliphatic rings. The van der Waals surface area contributed by atoms with Gasteiger partial charge < -0.3 is 35.5 Å². The molecule has 1 aromatic heterocycles. The Morgan fingerprint density at radius 3 is 2.26 bits per heavy atom. The summed E-state index contributed by atoms with van der Waals surface area (Å²) in [5.41, 5.74) is 9.31. The number of likely N-dealkylation sites (tertiary alicyclic amines) is 1. The topological polar surface area (TPSA) is 141 Å².